The fourth-order valence-electron chi connectivity index (χ4n) is 2.38. The lowest BCUT2D eigenvalue weighted by molar-refractivity contribution is 1.54. The number of hydrogen-bond donors (Lipinski definition) is 2. The third kappa shape index (κ3) is 4.29. The molecule has 25 heavy (non-hydrogen) atoms. The molecule has 6 heteroatoms. The number of rotatable bonds is 4. The Morgan fingerprint density at radius 2 is 1.32 bits per heavy atom. The van der Waals surface area contributed by atoms with Crippen LogP contribution in [0.2, 0.25) is 5.02 Å². The minimum Gasteiger partial charge on any atom is -0.369 e. The zero-order chi connectivity index (χ0) is 17.7. The van der Waals surface area contributed by atoms with Gasteiger partial charge in [0.25, 0.3) is 0 Å². The van der Waals surface area contributed by atoms with Crippen LogP contribution in [0.1, 0.15) is 0 Å². The molecule has 0 aliphatic heterocycles. The van der Waals surface area contributed by atoms with Crippen LogP contribution in [0.3, 0.4) is 0 Å². The van der Waals surface area contributed by atoms with Crippen molar-refractivity contribution in [2.24, 2.45) is 10.5 Å². The maximum absolute atomic E-state index is 6.17. The number of anilines is 1. The van der Waals surface area contributed by atoms with Gasteiger partial charge in [0.1, 0.15) is 6.19 Å². The first kappa shape index (κ1) is 17.7. The highest BCUT2D eigenvalue weighted by Crippen LogP contribution is 2.45. The molecule has 0 unspecified atom stereocenters. The highest BCUT2D eigenvalue weighted by molar-refractivity contribution is 8.21. The van der Waals surface area contributed by atoms with Gasteiger partial charge in [-0.2, -0.15) is 0 Å². The maximum atomic E-state index is 6.17. The quantitative estimate of drug-likeness (QED) is 0.403. The summed E-state index contributed by atoms with van der Waals surface area (Å²) in [5, 5.41) is 5.76. The van der Waals surface area contributed by atoms with Crippen molar-refractivity contribution in [1.82, 2.24) is 0 Å². The predicted octanol–water partition coefficient (Wildman–Crippen LogP) is 4.11. The van der Waals surface area contributed by atoms with Crippen LogP contribution in [0.25, 0.3) is 0 Å². The third-order valence-electron chi connectivity index (χ3n) is 3.58. The van der Waals surface area contributed by atoms with Crippen molar-refractivity contribution < 1.29 is 0 Å². The van der Waals surface area contributed by atoms with Crippen LogP contribution in [-0.2, 0) is 11.8 Å². The molecule has 3 nitrogen and oxygen atoms in total. The highest BCUT2D eigenvalue weighted by atomic mass is 35.5. The number of halogens is 1. The van der Waals surface area contributed by atoms with Gasteiger partial charge in [0.15, 0.2) is 5.96 Å². The highest BCUT2D eigenvalue weighted by Gasteiger charge is 2.21. The van der Waals surface area contributed by atoms with E-state index in [-0.39, 0.29) is 0 Å². The van der Waals surface area contributed by atoms with E-state index in [2.05, 4.69) is 5.32 Å². The Labute approximate surface area is 157 Å². The number of guanidine groups is 1. The van der Waals surface area contributed by atoms with Gasteiger partial charge in [-0.25, -0.2) is 4.76 Å². The van der Waals surface area contributed by atoms with Crippen molar-refractivity contribution in [3.05, 3.63) is 90.0 Å². The Balaban J connectivity index is 2.00. The van der Waals surface area contributed by atoms with E-state index in [9.17, 15) is 0 Å². The van der Waals surface area contributed by atoms with Crippen LogP contribution in [-0.4, -0.2) is 5.96 Å². The fourth-order valence-corrected chi connectivity index (χ4v) is 5.54. The maximum Gasteiger partial charge on any atom is 0.198 e. The van der Waals surface area contributed by atoms with Crippen molar-refractivity contribution in [2.75, 3.05) is 5.32 Å². The van der Waals surface area contributed by atoms with E-state index < -0.39 is 6.19 Å². The second-order valence-electron chi connectivity index (χ2n) is 5.36. The van der Waals surface area contributed by atoms with Gasteiger partial charge in [0, 0.05) is 21.3 Å². The molecule has 3 N–H and O–H groups in total. The standard InChI is InChI=1S/C19H17ClN3PS/c20-15-11-13-16(14-12-15)22-19(21)23-24(25,17-7-3-1-4-8-17)18-9-5-2-6-10-18/h1-14H,(H3,21,22,23,25). The van der Waals surface area contributed by atoms with Gasteiger partial charge < -0.3 is 11.1 Å². The Morgan fingerprint density at radius 1 is 0.840 bits per heavy atom. The SMILES string of the molecule is N/C(=N\P(=S)(c1ccccc1)c1ccccc1)Nc1ccc(Cl)cc1. The topological polar surface area (TPSA) is 50.4 Å². The molecular weight excluding hydrogens is 369 g/mol. The first-order valence-electron chi connectivity index (χ1n) is 7.67. The first-order chi connectivity index (χ1) is 12.1. The van der Waals surface area contributed by atoms with Gasteiger partial charge in [0.05, 0.1) is 0 Å². The summed E-state index contributed by atoms with van der Waals surface area (Å²) < 4.78 is 4.74. The van der Waals surface area contributed by atoms with Crippen molar-refractivity contribution in [3.8, 4) is 0 Å². The van der Waals surface area contributed by atoms with E-state index in [1.54, 1.807) is 12.1 Å². The molecule has 0 spiro atoms. The molecule has 3 aromatic rings. The number of benzene rings is 3. The van der Waals surface area contributed by atoms with E-state index in [0.29, 0.717) is 11.0 Å². The monoisotopic (exact) mass is 385 g/mol. The molecular formula is C19H17ClN3PS. The molecule has 0 radical (unpaired) electrons. The molecule has 0 saturated carbocycles. The van der Waals surface area contributed by atoms with Gasteiger partial charge in [-0.3, -0.25) is 0 Å². The molecule has 3 rings (SSSR count). The summed E-state index contributed by atoms with van der Waals surface area (Å²) in [7, 11) is 0. The van der Waals surface area contributed by atoms with Crippen molar-refractivity contribution in [3.63, 3.8) is 0 Å². The van der Waals surface area contributed by atoms with E-state index in [4.69, 9.17) is 33.9 Å². The lowest BCUT2D eigenvalue weighted by Gasteiger charge is -2.19. The largest absolute Gasteiger partial charge is 0.369 e. The summed E-state index contributed by atoms with van der Waals surface area (Å²) in [5.41, 5.74) is 6.98. The number of nitrogens with two attached hydrogens (primary N) is 1. The predicted molar refractivity (Wildman–Crippen MR) is 113 cm³/mol. The molecule has 0 atom stereocenters. The fraction of sp³-hybridized carbons (Fsp3) is 0. The molecule has 0 aliphatic rings. The van der Waals surface area contributed by atoms with Gasteiger partial charge in [-0.05, 0) is 24.3 Å². The summed E-state index contributed by atoms with van der Waals surface area (Å²) in [6, 6.07) is 27.1. The number of nitrogens with zero attached hydrogens (tertiary/aromatic N) is 1. The summed E-state index contributed by atoms with van der Waals surface area (Å²) in [6.07, 6.45) is -2.42. The zero-order valence-electron chi connectivity index (χ0n) is 13.3. The third-order valence-corrected chi connectivity index (χ3v) is 7.83. The molecule has 0 aliphatic carbocycles. The van der Waals surface area contributed by atoms with Crippen LogP contribution in [0.5, 0.6) is 0 Å². The second kappa shape index (κ2) is 7.83. The molecule has 0 fully saturated rings. The second-order valence-corrected chi connectivity index (χ2v) is 9.77. The summed E-state index contributed by atoms with van der Waals surface area (Å²) >= 11 is 11.9. The average Bonchev–Trinajstić information content (AvgIpc) is 2.65. The minimum atomic E-state index is -2.42. The Morgan fingerprint density at radius 3 is 1.80 bits per heavy atom. The van der Waals surface area contributed by atoms with E-state index >= 15 is 0 Å². The molecule has 0 amide bonds. The first-order valence-corrected chi connectivity index (χ1v) is 10.8. The van der Waals surface area contributed by atoms with Crippen LogP contribution >= 0.6 is 17.8 Å². The van der Waals surface area contributed by atoms with Crippen molar-refractivity contribution >= 4 is 51.9 Å². The minimum absolute atomic E-state index is 0.290. The zero-order valence-corrected chi connectivity index (χ0v) is 15.8. The van der Waals surface area contributed by atoms with Crippen LogP contribution in [0, 0.1) is 0 Å². The lowest BCUT2D eigenvalue weighted by atomic mass is 10.3. The van der Waals surface area contributed by atoms with Crippen molar-refractivity contribution in [2.45, 2.75) is 0 Å². The van der Waals surface area contributed by atoms with Gasteiger partial charge in [-0.15, -0.1) is 0 Å². The molecule has 126 valence electrons. The number of nitrogens with one attached hydrogen (secondary N) is 1. The molecule has 0 saturated heterocycles. The van der Waals surface area contributed by atoms with Gasteiger partial charge in [0.2, 0.25) is 0 Å². The average molecular weight is 386 g/mol. The molecule has 0 heterocycles. The van der Waals surface area contributed by atoms with E-state index in [0.717, 1.165) is 16.3 Å². The van der Waals surface area contributed by atoms with Gasteiger partial charge in [-0.1, -0.05) is 84.1 Å². The Kier molecular flexibility index (Phi) is 5.54. The van der Waals surface area contributed by atoms with Crippen LogP contribution in [0.4, 0.5) is 5.69 Å². The van der Waals surface area contributed by atoms with E-state index in [1.165, 1.54) is 0 Å². The molecule has 3 aromatic carbocycles. The normalized spacial score (nSPS) is 12.0. The summed E-state index contributed by atoms with van der Waals surface area (Å²) in [4.78, 5) is 0. The Bertz CT molecular complexity index is 869. The summed E-state index contributed by atoms with van der Waals surface area (Å²) in [6.45, 7) is 0. The van der Waals surface area contributed by atoms with Crippen LogP contribution in [0.15, 0.2) is 89.7 Å². The van der Waals surface area contributed by atoms with Crippen LogP contribution < -0.4 is 21.7 Å². The Hall–Kier alpha value is -2.13. The summed E-state index contributed by atoms with van der Waals surface area (Å²) in [5.74, 6) is 0.290. The smallest absolute Gasteiger partial charge is 0.198 e. The number of hydrogen-bond acceptors (Lipinski definition) is 1. The van der Waals surface area contributed by atoms with Gasteiger partial charge >= 0.3 is 0 Å². The molecule has 0 bridgehead atoms. The molecule has 0 aromatic heterocycles. The van der Waals surface area contributed by atoms with Crippen molar-refractivity contribution in [1.29, 1.82) is 0 Å². The van der Waals surface area contributed by atoms with E-state index in [1.807, 2.05) is 72.8 Å². The lowest BCUT2D eigenvalue weighted by Crippen LogP contribution is -2.25.